The van der Waals surface area contributed by atoms with E-state index in [1.165, 1.54) is 0 Å². The minimum absolute atomic E-state index is 0.0376. The van der Waals surface area contributed by atoms with E-state index in [0.717, 1.165) is 31.7 Å². The number of anilines is 4. The van der Waals surface area contributed by atoms with Gasteiger partial charge in [0.15, 0.2) is 11.6 Å². The fourth-order valence-electron chi connectivity index (χ4n) is 3.38. The molecule has 1 unspecified atom stereocenters. The molecule has 0 bridgehead atoms. The summed E-state index contributed by atoms with van der Waals surface area (Å²) in [6.45, 7) is 1.18. The van der Waals surface area contributed by atoms with E-state index in [9.17, 15) is 9.18 Å². The molecular formula is C20H28FN7O2. The van der Waals surface area contributed by atoms with Gasteiger partial charge in [-0.15, -0.1) is 0 Å². The minimum atomic E-state index is -0.782. The Morgan fingerprint density at radius 2 is 2.10 bits per heavy atom. The summed E-state index contributed by atoms with van der Waals surface area (Å²) in [4.78, 5) is 20.4. The van der Waals surface area contributed by atoms with Crippen molar-refractivity contribution in [1.82, 2.24) is 9.97 Å². The lowest BCUT2D eigenvalue weighted by Gasteiger charge is -2.30. The fraction of sp³-hybridized carbons (Fsp3) is 0.450. The predicted octanol–water partition coefficient (Wildman–Crippen LogP) is 2.20. The van der Waals surface area contributed by atoms with Crippen molar-refractivity contribution < 1.29 is 13.9 Å². The first-order chi connectivity index (χ1) is 14.5. The number of aromatic nitrogens is 2. The summed E-state index contributed by atoms with van der Waals surface area (Å²) in [7, 11) is 1.62. The fourth-order valence-corrected chi connectivity index (χ4v) is 3.38. The maximum absolute atomic E-state index is 14.6. The Labute approximate surface area is 174 Å². The van der Waals surface area contributed by atoms with Crippen molar-refractivity contribution in [2.45, 2.75) is 37.8 Å². The SMILES string of the molecule is COCCNc1ccc(Nc2nc(N[C@@H]3CCCCC3N)c(F)cc2C(N)=O)cn1. The molecule has 2 heterocycles. The molecule has 0 aliphatic heterocycles. The van der Waals surface area contributed by atoms with Crippen molar-refractivity contribution in [3.63, 3.8) is 0 Å². The molecule has 1 aliphatic carbocycles. The molecule has 9 nitrogen and oxygen atoms in total. The molecule has 2 aromatic heterocycles. The third-order valence-electron chi connectivity index (χ3n) is 5.02. The standard InChI is InChI=1S/C20H28FN7O2/c1-30-9-8-24-17-7-6-12(11-25-17)26-19-13(18(23)29)10-14(21)20(28-19)27-16-5-3-2-4-15(16)22/h6-7,10-11,15-16H,2-5,8-9,22H2,1H3,(H2,23,29)(H,24,25)(H2,26,27,28)/t15?,16-/m1/s1. The van der Waals surface area contributed by atoms with E-state index in [2.05, 4.69) is 25.9 Å². The second kappa shape index (κ2) is 10.2. The second-order valence-electron chi connectivity index (χ2n) is 7.26. The molecule has 162 valence electrons. The number of amides is 1. The Kier molecular flexibility index (Phi) is 7.36. The summed E-state index contributed by atoms with van der Waals surface area (Å²) >= 11 is 0. The van der Waals surface area contributed by atoms with E-state index >= 15 is 0 Å². The number of methoxy groups -OCH3 is 1. The molecular weight excluding hydrogens is 389 g/mol. The zero-order valence-corrected chi connectivity index (χ0v) is 17.0. The Morgan fingerprint density at radius 3 is 2.77 bits per heavy atom. The van der Waals surface area contributed by atoms with Crippen LogP contribution in [0.3, 0.4) is 0 Å². The molecule has 0 spiro atoms. The first-order valence-electron chi connectivity index (χ1n) is 9.96. The Hall–Kier alpha value is -2.98. The van der Waals surface area contributed by atoms with Gasteiger partial charge in [-0.2, -0.15) is 0 Å². The van der Waals surface area contributed by atoms with Crippen molar-refractivity contribution in [3.8, 4) is 0 Å². The van der Waals surface area contributed by atoms with Crippen LogP contribution in [0.15, 0.2) is 24.4 Å². The molecule has 0 saturated heterocycles. The number of nitrogens with one attached hydrogen (secondary N) is 3. The van der Waals surface area contributed by atoms with Gasteiger partial charge in [-0.05, 0) is 31.0 Å². The van der Waals surface area contributed by atoms with Gasteiger partial charge in [0.2, 0.25) is 0 Å². The number of ether oxygens (including phenoxy) is 1. The largest absolute Gasteiger partial charge is 0.383 e. The van der Waals surface area contributed by atoms with Crippen LogP contribution >= 0.6 is 0 Å². The van der Waals surface area contributed by atoms with Crippen LogP contribution in [-0.2, 0) is 4.74 Å². The van der Waals surface area contributed by atoms with Crippen LogP contribution in [0, 0.1) is 5.82 Å². The van der Waals surface area contributed by atoms with Crippen molar-refractivity contribution in [3.05, 3.63) is 35.8 Å². The lowest BCUT2D eigenvalue weighted by molar-refractivity contribution is 0.100. The molecule has 3 rings (SSSR count). The van der Waals surface area contributed by atoms with Gasteiger partial charge in [-0.3, -0.25) is 4.79 Å². The number of rotatable bonds is 9. The average molecular weight is 417 g/mol. The first-order valence-corrected chi connectivity index (χ1v) is 9.96. The number of nitrogens with two attached hydrogens (primary N) is 2. The summed E-state index contributed by atoms with van der Waals surface area (Å²) in [6, 6.07) is 4.47. The summed E-state index contributed by atoms with van der Waals surface area (Å²) in [5.74, 6) is -0.569. The van der Waals surface area contributed by atoms with E-state index in [4.69, 9.17) is 16.2 Å². The number of pyridine rings is 2. The van der Waals surface area contributed by atoms with E-state index in [-0.39, 0.29) is 29.3 Å². The highest BCUT2D eigenvalue weighted by molar-refractivity contribution is 5.98. The van der Waals surface area contributed by atoms with Crippen LogP contribution in [0.25, 0.3) is 0 Å². The number of hydrogen-bond acceptors (Lipinski definition) is 8. The van der Waals surface area contributed by atoms with Gasteiger partial charge in [0.25, 0.3) is 5.91 Å². The third kappa shape index (κ3) is 5.55. The smallest absolute Gasteiger partial charge is 0.252 e. The topological polar surface area (TPSA) is 140 Å². The highest BCUT2D eigenvalue weighted by atomic mass is 19.1. The molecule has 7 N–H and O–H groups in total. The van der Waals surface area contributed by atoms with E-state index < -0.39 is 11.7 Å². The van der Waals surface area contributed by atoms with Crippen molar-refractivity contribution in [1.29, 1.82) is 0 Å². The molecule has 0 radical (unpaired) electrons. The van der Waals surface area contributed by atoms with E-state index in [0.29, 0.717) is 24.7 Å². The highest BCUT2D eigenvalue weighted by Gasteiger charge is 2.24. The summed E-state index contributed by atoms with van der Waals surface area (Å²) in [5, 5.41) is 9.20. The molecule has 0 aromatic carbocycles. The Bertz CT molecular complexity index is 863. The quantitative estimate of drug-likeness (QED) is 0.391. The molecule has 30 heavy (non-hydrogen) atoms. The van der Waals surface area contributed by atoms with Gasteiger partial charge < -0.3 is 32.2 Å². The second-order valence-corrected chi connectivity index (χ2v) is 7.26. The molecule has 1 aliphatic rings. The van der Waals surface area contributed by atoms with E-state index in [1.54, 1.807) is 25.4 Å². The van der Waals surface area contributed by atoms with Crippen LogP contribution in [0.1, 0.15) is 36.0 Å². The van der Waals surface area contributed by atoms with Gasteiger partial charge in [0.05, 0.1) is 24.1 Å². The van der Waals surface area contributed by atoms with E-state index in [1.807, 2.05) is 0 Å². The minimum Gasteiger partial charge on any atom is -0.383 e. The van der Waals surface area contributed by atoms with Gasteiger partial charge in [-0.25, -0.2) is 14.4 Å². The van der Waals surface area contributed by atoms with Crippen LogP contribution in [0.4, 0.5) is 27.5 Å². The first kappa shape index (κ1) is 21.7. The number of hydrogen-bond donors (Lipinski definition) is 5. The maximum Gasteiger partial charge on any atom is 0.252 e. The number of primary amides is 1. The number of carbonyl (C=O) groups is 1. The zero-order chi connectivity index (χ0) is 21.5. The maximum atomic E-state index is 14.6. The van der Waals surface area contributed by atoms with Crippen LogP contribution in [0.2, 0.25) is 0 Å². The predicted molar refractivity (Wildman–Crippen MR) is 114 cm³/mol. The summed E-state index contributed by atoms with van der Waals surface area (Å²) in [6.07, 6.45) is 5.37. The normalized spacial score (nSPS) is 18.6. The molecule has 10 heteroatoms. The van der Waals surface area contributed by atoms with Crippen LogP contribution in [0.5, 0.6) is 0 Å². The molecule has 1 amide bonds. The van der Waals surface area contributed by atoms with Crippen molar-refractivity contribution >= 4 is 29.0 Å². The van der Waals surface area contributed by atoms with Gasteiger partial charge >= 0.3 is 0 Å². The molecule has 2 aromatic rings. The monoisotopic (exact) mass is 417 g/mol. The number of halogens is 1. The van der Waals surface area contributed by atoms with Crippen molar-refractivity contribution in [2.24, 2.45) is 11.5 Å². The van der Waals surface area contributed by atoms with Crippen molar-refractivity contribution in [2.75, 3.05) is 36.2 Å². The Balaban J connectivity index is 1.79. The molecule has 1 saturated carbocycles. The average Bonchev–Trinajstić information content (AvgIpc) is 2.73. The van der Waals surface area contributed by atoms with Crippen LogP contribution in [-0.4, -0.2) is 48.2 Å². The molecule has 2 atom stereocenters. The highest BCUT2D eigenvalue weighted by Crippen LogP contribution is 2.26. The summed E-state index contributed by atoms with van der Waals surface area (Å²) < 4.78 is 19.6. The third-order valence-corrected chi connectivity index (χ3v) is 5.02. The van der Waals surface area contributed by atoms with Gasteiger partial charge in [-0.1, -0.05) is 12.8 Å². The Morgan fingerprint density at radius 1 is 1.30 bits per heavy atom. The summed E-state index contributed by atoms with van der Waals surface area (Å²) in [5.41, 5.74) is 12.1. The number of carbonyl (C=O) groups excluding carboxylic acids is 1. The zero-order valence-electron chi connectivity index (χ0n) is 17.0. The van der Waals surface area contributed by atoms with Gasteiger partial charge in [0, 0.05) is 25.7 Å². The lowest BCUT2D eigenvalue weighted by atomic mass is 9.91. The van der Waals surface area contributed by atoms with Gasteiger partial charge in [0.1, 0.15) is 11.6 Å². The number of nitrogens with zero attached hydrogens (tertiary/aromatic N) is 2. The lowest BCUT2D eigenvalue weighted by Crippen LogP contribution is -2.43. The molecule has 1 fully saturated rings. The van der Waals surface area contributed by atoms with Crippen LogP contribution < -0.4 is 27.4 Å².